The predicted octanol–water partition coefficient (Wildman–Crippen LogP) is 4.04. The highest BCUT2D eigenvalue weighted by Gasteiger charge is 2.38. The monoisotopic (exact) mass is 421 g/mol. The van der Waals surface area contributed by atoms with E-state index in [-0.39, 0.29) is 11.3 Å². The van der Waals surface area contributed by atoms with Crippen molar-refractivity contribution in [2.24, 2.45) is 0 Å². The maximum atomic E-state index is 14.2. The van der Waals surface area contributed by atoms with Gasteiger partial charge in [-0.1, -0.05) is 18.2 Å². The second-order valence-electron chi connectivity index (χ2n) is 7.05. The minimum atomic E-state index is -1.03. The number of imide groups is 2. The van der Waals surface area contributed by atoms with E-state index in [0.29, 0.717) is 21.8 Å². The Bertz CT molecular complexity index is 1280. The molecule has 6 nitrogen and oxygen atoms in total. The van der Waals surface area contributed by atoms with Crippen molar-refractivity contribution in [1.82, 2.24) is 9.88 Å². The number of hydrogen-bond donors (Lipinski definition) is 1. The smallest absolute Gasteiger partial charge is 0.318 e. The Kier molecular flexibility index (Phi) is 4.98. The maximum Gasteiger partial charge on any atom is 0.336 e. The minimum Gasteiger partial charge on any atom is -0.318 e. The van der Waals surface area contributed by atoms with E-state index >= 15 is 0 Å². The molecule has 0 unspecified atom stereocenters. The molecule has 0 bridgehead atoms. The molecule has 4 amide bonds. The van der Waals surface area contributed by atoms with Gasteiger partial charge in [0.15, 0.2) is 0 Å². The van der Waals surface area contributed by atoms with Crippen molar-refractivity contribution in [1.29, 1.82) is 0 Å². The quantitative estimate of drug-likeness (QED) is 0.513. The van der Waals surface area contributed by atoms with Crippen molar-refractivity contribution >= 4 is 29.6 Å². The van der Waals surface area contributed by atoms with Gasteiger partial charge in [-0.2, -0.15) is 0 Å². The SMILES string of the molecule is Cc1cc(C=C2C(=O)NC(=O)N(c3ccccc3F)C2=O)c(C)n1-c1cccc(F)c1. The fourth-order valence-electron chi connectivity index (χ4n) is 3.61. The van der Waals surface area contributed by atoms with Gasteiger partial charge < -0.3 is 4.57 Å². The standard InChI is InChI=1S/C23H17F2N3O3/c1-13-10-15(14(2)27(13)17-7-5-6-16(24)12-17)11-18-21(29)26-23(31)28(22(18)30)20-9-4-3-8-19(20)25/h3-12H,1-2H3,(H,26,29,31). The number of para-hydroxylation sites is 1. The summed E-state index contributed by atoms with van der Waals surface area (Å²) in [5.41, 5.74) is 1.95. The molecule has 4 rings (SSSR count). The summed E-state index contributed by atoms with van der Waals surface area (Å²) < 4.78 is 29.7. The first kappa shape index (κ1) is 20.2. The van der Waals surface area contributed by atoms with Crippen molar-refractivity contribution in [3.63, 3.8) is 0 Å². The van der Waals surface area contributed by atoms with Gasteiger partial charge in [-0.15, -0.1) is 0 Å². The first-order valence-electron chi connectivity index (χ1n) is 9.39. The summed E-state index contributed by atoms with van der Waals surface area (Å²) in [5, 5.41) is 2.07. The van der Waals surface area contributed by atoms with Crippen LogP contribution in [-0.2, 0) is 9.59 Å². The molecule has 2 aromatic carbocycles. The Morgan fingerprint density at radius 3 is 2.39 bits per heavy atom. The summed E-state index contributed by atoms with van der Waals surface area (Å²) in [6.07, 6.45) is 1.34. The van der Waals surface area contributed by atoms with Crippen LogP contribution in [0.1, 0.15) is 17.0 Å². The number of aryl methyl sites for hydroxylation is 1. The van der Waals surface area contributed by atoms with E-state index in [1.807, 2.05) is 0 Å². The Morgan fingerprint density at radius 1 is 0.935 bits per heavy atom. The van der Waals surface area contributed by atoms with Crippen LogP contribution < -0.4 is 10.2 Å². The summed E-state index contributed by atoms with van der Waals surface area (Å²) in [6, 6.07) is 12.0. The van der Waals surface area contributed by atoms with E-state index in [1.54, 1.807) is 36.6 Å². The van der Waals surface area contributed by atoms with Gasteiger partial charge >= 0.3 is 6.03 Å². The number of benzene rings is 2. The number of aromatic nitrogens is 1. The maximum absolute atomic E-state index is 14.2. The molecule has 2 heterocycles. The molecular formula is C23H17F2N3O3. The zero-order chi connectivity index (χ0) is 22.3. The summed E-state index contributed by atoms with van der Waals surface area (Å²) in [5.74, 6) is -2.98. The third kappa shape index (κ3) is 3.52. The number of carbonyl (C=O) groups is 3. The zero-order valence-electron chi connectivity index (χ0n) is 16.6. The number of urea groups is 1. The number of rotatable bonds is 3. The average Bonchev–Trinajstić information content (AvgIpc) is 2.99. The molecule has 156 valence electrons. The highest BCUT2D eigenvalue weighted by molar-refractivity contribution is 6.39. The second-order valence-corrected chi connectivity index (χ2v) is 7.05. The average molecular weight is 421 g/mol. The molecule has 1 aromatic heterocycles. The van der Waals surface area contributed by atoms with E-state index < -0.39 is 29.5 Å². The van der Waals surface area contributed by atoms with Gasteiger partial charge in [0.25, 0.3) is 11.8 Å². The van der Waals surface area contributed by atoms with E-state index in [2.05, 4.69) is 5.32 Å². The van der Waals surface area contributed by atoms with Crippen LogP contribution in [0.3, 0.4) is 0 Å². The molecule has 1 saturated heterocycles. The van der Waals surface area contributed by atoms with Gasteiger partial charge in [-0.3, -0.25) is 14.9 Å². The number of carbonyl (C=O) groups excluding carboxylic acids is 3. The van der Waals surface area contributed by atoms with Gasteiger partial charge in [0.2, 0.25) is 0 Å². The Balaban J connectivity index is 1.79. The van der Waals surface area contributed by atoms with E-state index in [4.69, 9.17) is 0 Å². The summed E-state index contributed by atoms with van der Waals surface area (Å²) in [4.78, 5) is 38.2. The first-order chi connectivity index (χ1) is 14.8. The first-order valence-corrected chi connectivity index (χ1v) is 9.39. The Morgan fingerprint density at radius 2 is 1.68 bits per heavy atom. The predicted molar refractivity (Wildman–Crippen MR) is 111 cm³/mol. The van der Waals surface area contributed by atoms with Crippen LogP contribution in [0.4, 0.5) is 19.3 Å². The van der Waals surface area contributed by atoms with Crippen LogP contribution in [-0.4, -0.2) is 22.4 Å². The highest BCUT2D eigenvalue weighted by Crippen LogP contribution is 2.27. The summed E-state index contributed by atoms with van der Waals surface area (Å²) in [7, 11) is 0. The van der Waals surface area contributed by atoms with Crippen molar-refractivity contribution in [2.45, 2.75) is 13.8 Å². The van der Waals surface area contributed by atoms with Gasteiger partial charge in [0.1, 0.15) is 17.2 Å². The molecule has 3 aromatic rings. The van der Waals surface area contributed by atoms with E-state index in [9.17, 15) is 23.2 Å². The van der Waals surface area contributed by atoms with Gasteiger partial charge in [-0.05, 0) is 61.9 Å². The lowest BCUT2D eigenvalue weighted by atomic mass is 10.1. The number of halogens is 2. The molecule has 0 atom stereocenters. The lowest BCUT2D eigenvalue weighted by molar-refractivity contribution is -0.122. The molecule has 0 saturated carbocycles. The van der Waals surface area contributed by atoms with Gasteiger partial charge in [0, 0.05) is 17.1 Å². The van der Waals surface area contributed by atoms with E-state index in [1.165, 1.54) is 36.4 Å². The minimum absolute atomic E-state index is 0.256. The Labute approximate surface area is 176 Å². The lowest BCUT2D eigenvalue weighted by Gasteiger charge is -2.26. The van der Waals surface area contributed by atoms with Crippen molar-refractivity contribution < 1.29 is 23.2 Å². The van der Waals surface area contributed by atoms with Gasteiger partial charge in [0.05, 0.1) is 5.69 Å². The van der Waals surface area contributed by atoms with Crippen LogP contribution >= 0.6 is 0 Å². The fourth-order valence-corrected chi connectivity index (χ4v) is 3.61. The summed E-state index contributed by atoms with van der Waals surface area (Å²) in [6.45, 7) is 3.56. The zero-order valence-corrected chi connectivity index (χ0v) is 16.6. The fraction of sp³-hybridized carbons (Fsp3) is 0.0870. The molecule has 1 fully saturated rings. The van der Waals surface area contributed by atoms with Crippen LogP contribution in [0.15, 0.2) is 60.2 Å². The van der Waals surface area contributed by atoms with Gasteiger partial charge in [-0.25, -0.2) is 18.5 Å². The molecule has 1 aliphatic rings. The van der Waals surface area contributed by atoms with Crippen LogP contribution in [0, 0.1) is 25.5 Å². The van der Waals surface area contributed by atoms with Crippen molar-refractivity contribution in [3.05, 3.63) is 88.8 Å². The van der Waals surface area contributed by atoms with Crippen LogP contribution in [0.25, 0.3) is 11.8 Å². The molecule has 0 aliphatic carbocycles. The highest BCUT2D eigenvalue weighted by atomic mass is 19.1. The molecule has 0 spiro atoms. The number of anilines is 1. The largest absolute Gasteiger partial charge is 0.336 e. The van der Waals surface area contributed by atoms with Crippen LogP contribution in [0.5, 0.6) is 0 Å². The third-order valence-electron chi connectivity index (χ3n) is 5.03. The number of nitrogens with one attached hydrogen (secondary N) is 1. The van der Waals surface area contributed by atoms with Crippen molar-refractivity contribution in [2.75, 3.05) is 4.90 Å². The molecule has 0 radical (unpaired) electrons. The molecule has 1 aliphatic heterocycles. The molecule has 1 N–H and O–H groups in total. The topological polar surface area (TPSA) is 71.4 Å². The normalized spacial score (nSPS) is 15.5. The van der Waals surface area contributed by atoms with Crippen molar-refractivity contribution in [3.8, 4) is 5.69 Å². The van der Waals surface area contributed by atoms with E-state index in [0.717, 1.165) is 11.8 Å². The number of nitrogens with zero attached hydrogens (tertiary/aromatic N) is 2. The number of hydrogen-bond acceptors (Lipinski definition) is 3. The third-order valence-corrected chi connectivity index (χ3v) is 5.03. The second kappa shape index (κ2) is 7.64. The Hall–Kier alpha value is -4.07. The molecular weight excluding hydrogens is 404 g/mol. The lowest BCUT2D eigenvalue weighted by Crippen LogP contribution is -2.54. The summed E-state index contributed by atoms with van der Waals surface area (Å²) >= 11 is 0. The number of barbiturate groups is 1. The van der Waals surface area contributed by atoms with Crippen LogP contribution in [0.2, 0.25) is 0 Å². The molecule has 8 heteroatoms. The molecule has 31 heavy (non-hydrogen) atoms. The number of amides is 4.